The lowest BCUT2D eigenvalue weighted by molar-refractivity contribution is 0.144. The molecule has 0 spiro atoms. The molecule has 0 aliphatic heterocycles. The van der Waals surface area contributed by atoms with Gasteiger partial charge < -0.3 is 10.4 Å². The molecule has 1 aliphatic carbocycles. The average Bonchev–Trinajstić information content (AvgIpc) is 2.48. The number of nitrogens with zero attached hydrogens (tertiary/aromatic N) is 1. The van der Waals surface area contributed by atoms with Crippen molar-refractivity contribution < 1.29 is 9.50 Å². The number of halogens is 1. The molecule has 2 atom stereocenters. The number of rotatable bonds is 2. The Kier molecular flexibility index (Phi) is 3.72. The van der Waals surface area contributed by atoms with Gasteiger partial charge in [-0.1, -0.05) is 19.3 Å². The Morgan fingerprint density at radius 1 is 1.31 bits per heavy atom. The molecular weight excluding hydrogens is 207 g/mol. The van der Waals surface area contributed by atoms with Gasteiger partial charge >= 0.3 is 0 Å². The zero-order valence-corrected chi connectivity index (χ0v) is 9.19. The monoisotopic (exact) mass is 224 g/mol. The number of aliphatic hydroxyl groups excluding tert-OH is 1. The first-order valence-electron chi connectivity index (χ1n) is 5.82. The van der Waals surface area contributed by atoms with Crippen molar-refractivity contribution >= 4 is 5.82 Å². The van der Waals surface area contributed by atoms with Gasteiger partial charge in [0.05, 0.1) is 12.1 Å². The molecule has 1 aliphatic rings. The Balaban J connectivity index is 2.05. The Labute approximate surface area is 94.7 Å². The van der Waals surface area contributed by atoms with Gasteiger partial charge in [-0.15, -0.1) is 0 Å². The third kappa shape index (κ3) is 2.70. The molecular formula is C12H17FN2O. The number of pyridine rings is 1. The summed E-state index contributed by atoms with van der Waals surface area (Å²) < 4.78 is 13.4. The maximum atomic E-state index is 13.4. The number of nitrogens with one attached hydrogen (secondary N) is 1. The van der Waals surface area contributed by atoms with E-state index in [1.165, 1.54) is 6.07 Å². The van der Waals surface area contributed by atoms with Gasteiger partial charge in [0.15, 0.2) is 11.6 Å². The van der Waals surface area contributed by atoms with Gasteiger partial charge in [-0.05, 0) is 25.0 Å². The predicted octanol–water partition coefficient (Wildman–Crippen LogP) is 2.33. The van der Waals surface area contributed by atoms with Crippen molar-refractivity contribution in [3.8, 4) is 0 Å². The minimum Gasteiger partial charge on any atom is -0.391 e. The van der Waals surface area contributed by atoms with Gasteiger partial charge in [-0.3, -0.25) is 0 Å². The Morgan fingerprint density at radius 2 is 2.12 bits per heavy atom. The first-order valence-corrected chi connectivity index (χ1v) is 5.82. The third-order valence-electron chi connectivity index (χ3n) is 3.06. The summed E-state index contributed by atoms with van der Waals surface area (Å²) in [4.78, 5) is 3.94. The topological polar surface area (TPSA) is 45.1 Å². The molecule has 4 heteroatoms. The molecule has 2 rings (SSSR count). The molecule has 0 radical (unpaired) electrons. The van der Waals surface area contributed by atoms with Crippen molar-refractivity contribution in [3.05, 3.63) is 24.1 Å². The molecule has 0 bridgehead atoms. The van der Waals surface area contributed by atoms with Crippen LogP contribution in [-0.2, 0) is 0 Å². The average molecular weight is 224 g/mol. The van der Waals surface area contributed by atoms with Crippen LogP contribution in [0.25, 0.3) is 0 Å². The van der Waals surface area contributed by atoms with E-state index >= 15 is 0 Å². The van der Waals surface area contributed by atoms with Crippen molar-refractivity contribution in [1.29, 1.82) is 0 Å². The molecule has 1 saturated carbocycles. The number of hydrogen-bond acceptors (Lipinski definition) is 3. The van der Waals surface area contributed by atoms with E-state index in [2.05, 4.69) is 10.3 Å². The summed E-state index contributed by atoms with van der Waals surface area (Å²) in [6.45, 7) is 0. The second-order valence-electron chi connectivity index (χ2n) is 4.29. The molecule has 88 valence electrons. The van der Waals surface area contributed by atoms with Crippen molar-refractivity contribution in [2.75, 3.05) is 5.32 Å². The Bertz CT molecular complexity index is 346. The molecule has 1 aromatic heterocycles. The van der Waals surface area contributed by atoms with Crippen LogP contribution in [0.2, 0.25) is 0 Å². The minimum atomic E-state index is -0.399. The van der Waals surface area contributed by atoms with E-state index in [4.69, 9.17) is 0 Å². The van der Waals surface area contributed by atoms with E-state index in [1.54, 1.807) is 12.3 Å². The van der Waals surface area contributed by atoms with Gasteiger partial charge in [0.2, 0.25) is 0 Å². The molecule has 16 heavy (non-hydrogen) atoms. The molecule has 2 unspecified atom stereocenters. The highest BCUT2D eigenvalue weighted by molar-refractivity contribution is 5.37. The largest absolute Gasteiger partial charge is 0.391 e. The fourth-order valence-corrected chi connectivity index (χ4v) is 2.12. The van der Waals surface area contributed by atoms with Gasteiger partial charge in [-0.2, -0.15) is 0 Å². The van der Waals surface area contributed by atoms with Crippen molar-refractivity contribution in [2.45, 2.75) is 44.2 Å². The summed E-state index contributed by atoms with van der Waals surface area (Å²) in [6, 6.07) is 2.86. The van der Waals surface area contributed by atoms with Crippen molar-refractivity contribution in [2.24, 2.45) is 0 Å². The predicted molar refractivity (Wildman–Crippen MR) is 60.7 cm³/mol. The molecule has 1 heterocycles. The van der Waals surface area contributed by atoms with E-state index in [0.29, 0.717) is 0 Å². The van der Waals surface area contributed by atoms with E-state index in [9.17, 15) is 9.50 Å². The standard InChI is InChI=1S/C12H17FN2O/c13-9-5-4-8-14-12(9)15-10-6-2-1-3-7-11(10)16/h4-5,8,10-11,16H,1-3,6-7H2,(H,14,15). The summed E-state index contributed by atoms with van der Waals surface area (Å²) in [7, 11) is 0. The normalized spacial score (nSPS) is 26.1. The summed E-state index contributed by atoms with van der Waals surface area (Å²) >= 11 is 0. The van der Waals surface area contributed by atoms with Gasteiger partial charge in [-0.25, -0.2) is 9.37 Å². The van der Waals surface area contributed by atoms with Crippen LogP contribution in [0.15, 0.2) is 18.3 Å². The van der Waals surface area contributed by atoms with E-state index in [0.717, 1.165) is 32.1 Å². The van der Waals surface area contributed by atoms with Gasteiger partial charge in [0.1, 0.15) is 0 Å². The molecule has 1 aromatic rings. The molecule has 1 fully saturated rings. The summed E-state index contributed by atoms with van der Waals surface area (Å²) in [5.74, 6) is -0.118. The summed E-state index contributed by atoms with van der Waals surface area (Å²) in [5, 5.41) is 12.9. The van der Waals surface area contributed by atoms with Crippen LogP contribution < -0.4 is 5.32 Å². The lowest BCUT2D eigenvalue weighted by Gasteiger charge is -2.22. The fourth-order valence-electron chi connectivity index (χ4n) is 2.12. The number of aliphatic hydroxyl groups is 1. The number of hydrogen-bond donors (Lipinski definition) is 2. The highest BCUT2D eigenvalue weighted by Crippen LogP contribution is 2.21. The molecule has 0 amide bonds. The first kappa shape index (κ1) is 11.3. The third-order valence-corrected chi connectivity index (χ3v) is 3.06. The van der Waals surface area contributed by atoms with E-state index in [1.807, 2.05) is 0 Å². The minimum absolute atomic E-state index is 0.0769. The highest BCUT2D eigenvalue weighted by atomic mass is 19.1. The fraction of sp³-hybridized carbons (Fsp3) is 0.583. The molecule has 2 N–H and O–H groups in total. The zero-order valence-electron chi connectivity index (χ0n) is 9.19. The van der Waals surface area contributed by atoms with Crippen LogP contribution >= 0.6 is 0 Å². The molecule has 3 nitrogen and oxygen atoms in total. The zero-order chi connectivity index (χ0) is 11.4. The first-order chi connectivity index (χ1) is 7.77. The smallest absolute Gasteiger partial charge is 0.165 e. The van der Waals surface area contributed by atoms with E-state index < -0.39 is 6.10 Å². The Morgan fingerprint density at radius 3 is 2.94 bits per heavy atom. The lowest BCUT2D eigenvalue weighted by Crippen LogP contribution is -2.33. The van der Waals surface area contributed by atoms with Crippen molar-refractivity contribution in [3.63, 3.8) is 0 Å². The second kappa shape index (κ2) is 5.25. The maximum absolute atomic E-state index is 13.4. The second-order valence-corrected chi connectivity index (χ2v) is 4.29. The van der Waals surface area contributed by atoms with Crippen LogP contribution in [0.5, 0.6) is 0 Å². The number of anilines is 1. The SMILES string of the molecule is OC1CCCCCC1Nc1ncccc1F. The summed E-state index contributed by atoms with van der Waals surface area (Å²) in [6.07, 6.45) is 6.06. The van der Waals surface area contributed by atoms with Crippen molar-refractivity contribution in [1.82, 2.24) is 4.98 Å². The Hall–Kier alpha value is -1.16. The van der Waals surface area contributed by atoms with Crippen LogP contribution in [-0.4, -0.2) is 22.2 Å². The molecule has 0 aromatic carbocycles. The van der Waals surface area contributed by atoms with E-state index in [-0.39, 0.29) is 17.7 Å². The van der Waals surface area contributed by atoms with Crippen LogP contribution in [0.4, 0.5) is 10.2 Å². The van der Waals surface area contributed by atoms with Crippen LogP contribution in [0.1, 0.15) is 32.1 Å². The van der Waals surface area contributed by atoms with Crippen LogP contribution in [0, 0.1) is 5.82 Å². The lowest BCUT2D eigenvalue weighted by atomic mass is 10.1. The highest BCUT2D eigenvalue weighted by Gasteiger charge is 2.22. The summed E-state index contributed by atoms with van der Waals surface area (Å²) in [5.41, 5.74) is 0. The van der Waals surface area contributed by atoms with Gasteiger partial charge in [0, 0.05) is 6.20 Å². The number of aromatic nitrogens is 1. The van der Waals surface area contributed by atoms with Crippen LogP contribution in [0.3, 0.4) is 0 Å². The quantitative estimate of drug-likeness (QED) is 0.758. The molecule has 0 saturated heterocycles. The van der Waals surface area contributed by atoms with Gasteiger partial charge in [0.25, 0.3) is 0 Å². The maximum Gasteiger partial charge on any atom is 0.165 e.